The number of aliphatic hydroxyl groups is 1. The van der Waals surface area contributed by atoms with E-state index < -0.39 is 5.60 Å². The molecule has 1 rings (SSSR count). The molecule has 0 heterocycles. The Morgan fingerprint density at radius 2 is 1.83 bits per heavy atom. The third-order valence-electron chi connectivity index (χ3n) is 1.73. The van der Waals surface area contributed by atoms with Crippen LogP contribution in [0, 0.1) is 0 Å². The highest BCUT2D eigenvalue weighted by Gasteiger charge is 2.20. The van der Waals surface area contributed by atoms with Crippen molar-refractivity contribution in [1.29, 1.82) is 0 Å². The SMILES string of the molecule is CC(O)(CCl)c1ccc(Cl)cc1. The first-order valence-corrected chi connectivity index (χ1v) is 4.52. The molecule has 1 aromatic rings. The Balaban J connectivity index is 2.96. The van der Waals surface area contributed by atoms with E-state index in [1.807, 2.05) is 0 Å². The van der Waals surface area contributed by atoms with Gasteiger partial charge in [0.05, 0.1) is 5.88 Å². The maximum atomic E-state index is 9.71. The molecule has 12 heavy (non-hydrogen) atoms. The lowest BCUT2D eigenvalue weighted by molar-refractivity contribution is 0.0824. The van der Waals surface area contributed by atoms with Crippen LogP contribution in [-0.2, 0) is 5.60 Å². The molecule has 0 spiro atoms. The third-order valence-corrected chi connectivity index (χ3v) is 2.50. The molecule has 0 radical (unpaired) electrons. The minimum absolute atomic E-state index is 0.175. The van der Waals surface area contributed by atoms with E-state index in [0.29, 0.717) is 5.02 Å². The van der Waals surface area contributed by atoms with E-state index in [-0.39, 0.29) is 5.88 Å². The molecule has 0 bridgehead atoms. The lowest BCUT2D eigenvalue weighted by Gasteiger charge is -2.20. The highest BCUT2D eigenvalue weighted by atomic mass is 35.5. The van der Waals surface area contributed by atoms with Crippen LogP contribution in [0.4, 0.5) is 0 Å². The van der Waals surface area contributed by atoms with Gasteiger partial charge < -0.3 is 5.11 Å². The van der Waals surface area contributed by atoms with E-state index in [1.54, 1.807) is 31.2 Å². The van der Waals surface area contributed by atoms with Crippen molar-refractivity contribution < 1.29 is 5.11 Å². The van der Waals surface area contributed by atoms with Crippen LogP contribution in [0.2, 0.25) is 5.02 Å². The van der Waals surface area contributed by atoms with E-state index in [9.17, 15) is 5.11 Å². The Morgan fingerprint density at radius 3 is 2.25 bits per heavy atom. The Morgan fingerprint density at radius 1 is 1.33 bits per heavy atom. The van der Waals surface area contributed by atoms with Crippen LogP contribution < -0.4 is 0 Å². The van der Waals surface area contributed by atoms with Gasteiger partial charge in [-0.05, 0) is 24.6 Å². The lowest BCUT2D eigenvalue weighted by Crippen LogP contribution is -2.22. The number of halogens is 2. The van der Waals surface area contributed by atoms with Gasteiger partial charge in [0, 0.05) is 5.02 Å². The fraction of sp³-hybridized carbons (Fsp3) is 0.333. The number of hydrogen-bond donors (Lipinski definition) is 1. The van der Waals surface area contributed by atoms with Gasteiger partial charge in [-0.3, -0.25) is 0 Å². The molecule has 1 unspecified atom stereocenters. The molecule has 0 aliphatic heterocycles. The van der Waals surface area contributed by atoms with Gasteiger partial charge in [-0.1, -0.05) is 23.7 Å². The van der Waals surface area contributed by atoms with Gasteiger partial charge in [0.2, 0.25) is 0 Å². The minimum Gasteiger partial charge on any atom is -0.384 e. The highest BCUT2D eigenvalue weighted by molar-refractivity contribution is 6.30. The first-order chi connectivity index (χ1) is 5.56. The predicted octanol–water partition coefficient (Wildman–Crippen LogP) is 2.79. The molecule has 0 saturated heterocycles. The molecule has 1 nitrogen and oxygen atoms in total. The highest BCUT2D eigenvalue weighted by Crippen LogP contribution is 2.23. The van der Waals surface area contributed by atoms with Crippen LogP contribution in [-0.4, -0.2) is 11.0 Å². The van der Waals surface area contributed by atoms with Gasteiger partial charge in [-0.2, -0.15) is 0 Å². The standard InChI is InChI=1S/C9H10Cl2O/c1-9(12,6-10)7-2-4-8(11)5-3-7/h2-5,12H,6H2,1H3. The topological polar surface area (TPSA) is 20.2 Å². The molecule has 0 fully saturated rings. The van der Waals surface area contributed by atoms with Crippen LogP contribution in [0.3, 0.4) is 0 Å². The van der Waals surface area contributed by atoms with Crippen molar-refractivity contribution in [1.82, 2.24) is 0 Å². The summed E-state index contributed by atoms with van der Waals surface area (Å²) in [7, 11) is 0. The maximum Gasteiger partial charge on any atom is 0.100 e. The van der Waals surface area contributed by atoms with E-state index in [1.165, 1.54) is 0 Å². The van der Waals surface area contributed by atoms with Crippen LogP contribution in [0.5, 0.6) is 0 Å². The average molecular weight is 205 g/mol. The zero-order valence-electron chi connectivity index (χ0n) is 6.72. The van der Waals surface area contributed by atoms with Gasteiger partial charge in [-0.25, -0.2) is 0 Å². The van der Waals surface area contributed by atoms with Crippen molar-refractivity contribution in [3.8, 4) is 0 Å². The van der Waals surface area contributed by atoms with Gasteiger partial charge in [0.25, 0.3) is 0 Å². The number of rotatable bonds is 2. The summed E-state index contributed by atoms with van der Waals surface area (Å²) in [5, 5.41) is 10.4. The van der Waals surface area contributed by atoms with Crippen molar-refractivity contribution in [2.75, 3.05) is 5.88 Å². The number of alkyl halides is 1. The molecule has 1 aromatic carbocycles. The second-order valence-corrected chi connectivity index (χ2v) is 3.62. The number of benzene rings is 1. The van der Waals surface area contributed by atoms with Gasteiger partial charge >= 0.3 is 0 Å². The van der Waals surface area contributed by atoms with Gasteiger partial charge in [0.15, 0.2) is 0 Å². The Kier molecular flexibility index (Phi) is 2.99. The summed E-state index contributed by atoms with van der Waals surface area (Å²) < 4.78 is 0. The Hall–Kier alpha value is -0.240. The summed E-state index contributed by atoms with van der Waals surface area (Å²) in [5.74, 6) is 0.175. The Bertz CT molecular complexity index is 254. The smallest absolute Gasteiger partial charge is 0.100 e. The fourth-order valence-electron chi connectivity index (χ4n) is 0.886. The summed E-state index contributed by atoms with van der Waals surface area (Å²) in [6.07, 6.45) is 0. The molecule has 1 N–H and O–H groups in total. The van der Waals surface area contributed by atoms with Crippen molar-refractivity contribution in [2.24, 2.45) is 0 Å². The van der Waals surface area contributed by atoms with E-state index >= 15 is 0 Å². The molecule has 66 valence electrons. The fourth-order valence-corrected chi connectivity index (χ4v) is 1.17. The van der Waals surface area contributed by atoms with Crippen molar-refractivity contribution in [3.05, 3.63) is 34.9 Å². The molecule has 0 aliphatic rings. The van der Waals surface area contributed by atoms with E-state index in [0.717, 1.165) is 5.56 Å². The van der Waals surface area contributed by atoms with Crippen LogP contribution in [0.25, 0.3) is 0 Å². The third kappa shape index (κ3) is 2.13. The van der Waals surface area contributed by atoms with Gasteiger partial charge in [-0.15, -0.1) is 11.6 Å². The van der Waals surface area contributed by atoms with E-state index in [4.69, 9.17) is 23.2 Å². The summed E-state index contributed by atoms with van der Waals surface area (Å²) in [6, 6.07) is 7.01. The molecule has 3 heteroatoms. The average Bonchev–Trinajstić information content (AvgIpc) is 2.05. The molecule has 0 amide bonds. The molecular weight excluding hydrogens is 195 g/mol. The van der Waals surface area contributed by atoms with Crippen LogP contribution in [0.1, 0.15) is 12.5 Å². The van der Waals surface area contributed by atoms with Crippen molar-refractivity contribution in [3.63, 3.8) is 0 Å². The number of hydrogen-bond acceptors (Lipinski definition) is 1. The van der Waals surface area contributed by atoms with Crippen LogP contribution in [0.15, 0.2) is 24.3 Å². The van der Waals surface area contributed by atoms with Crippen molar-refractivity contribution >= 4 is 23.2 Å². The summed E-state index contributed by atoms with van der Waals surface area (Å²) in [5.41, 5.74) is -0.187. The molecule has 1 atom stereocenters. The molecular formula is C9H10Cl2O. The lowest BCUT2D eigenvalue weighted by atomic mass is 9.99. The second kappa shape index (κ2) is 3.65. The van der Waals surface area contributed by atoms with E-state index in [2.05, 4.69) is 0 Å². The largest absolute Gasteiger partial charge is 0.384 e. The zero-order chi connectivity index (χ0) is 9.19. The maximum absolute atomic E-state index is 9.71. The minimum atomic E-state index is -0.966. The molecule has 0 saturated carbocycles. The van der Waals surface area contributed by atoms with Crippen LogP contribution >= 0.6 is 23.2 Å². The van der Waals surface area contributed by atoms with Gasteiger partial charge in [0.1, 0.15) is 5.60 Å². The second-order valence-electron chi connectivity index (χ2n) is 2.91. The van der Waals surface area contributed by atoms with Crippen molar-refractivity contribution in [2.45, 2.75) is 12.5 Å². The quantitative estimate of drug-likeness (QED) is 0.736. The predicted molar refractivity (Wildman–Crippen MR) is 51.7 cm³/mol. The Labute approximate surface area is 81.9 Å². The summed E-state index contributed by atoms with van der Waals surface area (Å²) >= 11 is 11.3. The first-order valence-electron chi connectivity index (χ1n) is 3.60. The summed E-state index contributed by atoms with van der Waals surface area (Å²) in [6.45, 7) is 1.67. The summed E-state index contributed by atoms with van der Waals surface area (Å²) in [4.78, 5) is 0. The zero-order valence-corrected chi connectivity index (χ0v) is 8.23. The first kappa shape index (κ1) is 9.85. The monoisotopic (exact) mass is 204 g/mol. The molecule has 0 aromatic heterocycles. The normalized spacial score (nSPS) is 15.7. The molecule has 0 aliphatic carbocycles.